The quantitative estimate of drug-likeness (QED) is 0.899. The zero-order valence-electron chi connectivity index (χ0n) is 13.1. The number of hydrogen-bond donors (Lipinski definition) is 2. The lowest BCUT2D eigenvalue weighted by Gasteiger charge is -2.50. The molecule has 1 aliphatic heterocycles. The number of benzene rings is 1. The van der Waals surface area contributed by atoms with Gasteiger partial charge in [-0.1, -0.05) is 19.9 Å². The summed E-state index contributed by atoms with van der Waals surface area (Å²) in [6, 6.07) is 6.72. The van der Waals surface area contributed by atoms with Gasteiger partial charge in [-0.2, -0.15) is 0 Å². The summed E-state index contributed by atoms with van der Waals surface area (Å²) >= 11 is 0. The molecule has 3 atom stereocenters. The van der Waals surface area contributed by atoms with Crippen molar-refractivity contribution in [3.05, 3.63) is 23.8 Å². The van der Waals surface area contributed by atoms with Gasteiger partial charge < -0.3 is 19.9 Å². The van der Waals surface area contributed by atoms with E-state index in [1.54, 1.807) is 0 Å². The van der Waals surface area contributed by atoms with Gasteiger partial charge in [0.15, 0.2) is 11.5 Å². The number of nitrogens with one attached hydrogen (secondary N) is 1. The van der Waals surface area contributed by atoms with E-state index in [2.05, 4.69) is 38.2 Å². The van der Waals surface area contributed by atoms with Crippen LogP contribution >= 0.6 is 0 Å². The van der Waals surface area contributed by atoms with Crippen molar-refractivity contribution >= 4 is 0 Å². The Bertz CT molecular complexity index is 515. The Morgan fingerprint density at radius 3 is 2.62 bits per heavy atom. The van der Waals surface area contributed by atoms with Crippen molar-refractivity contribution in [1.82, 2.24) is 5.32 Å². The van der Waals surface area contributed by atoms with Gasteiger partial charge in [-0.25, -0.2) is 0 Å². The van der Waals surface area contributed by atoms with E-state index in [0.29, 0.717) is 19.3 Å². The van der Waals surface area contributed by atoms with Gasteiger partial charge in [-0.15, -0.1) is 0 Å². The lowest BCUT2D eigenvalue weighted by Crippen LogP contribution is -2.60. The minimum Gasteiger partial charge on any atom is -0.490 e. The minimum absolute atomic E-state index is 0.0560. The average Bonchev–Trinajstić information content (AvgIpc) is 2.71. The predicted molar refractivity (Wildman–Crippen MR) is 81.8 cm³/mol. The second-order valence-corrected chi connectivity index (χ2v) is 6.77. The zero-order valence-corrected chi connectivity index (χ0v) is 13.1. The Morgan fingerprint density at radius 1 is 1.24 bits per heavy atom. The van der Waals surface area contributed by atoms with E-state index in [-0.39, 0.29) is 17.6 Å². The van der Waals surface area contributed by atoms with E-state index in [4.69, 9.17) is 9.47 Å². The highest BCUT2D eigenvalue weighted by molar-refractivity contribution is 5.44. The summed E-state index contributed by atoms with van der Waals surface area (Å²) in [6.45, 7) is 7.80. The number of aliphatic hydroxyl groups is 1. The molecule has 1 fully saturated rings. The van der Waals surface area contributed by atoms with E-state index >= 15 is 0 Å². The van der Waals surface area contributed by atoms with Crippen LogP contribution in [0, 0.1) is 5.41 Å². The fourth-order valence-electron chi connectivity index (χ4n) is 3.03. The normalized spacial score (nSPS) is 28.4. The molecule has 4 nitrogen and oxygen atoms in total. The van der Waals surface area contributed by atoms with E-state index in [0.717, 1.165) is 24.3 Å². The number of ether oxygens (including phenoxy) is 2. The second-order valence-electron chi connectivity index (χ2n) is 6.77. The Morgan fingerprint density at radius 2 is 1.95 bits per heavy atom. The van der Waals surface area contributed by atoms with Crippen LogP contribution in [0.2, 0.25) is 0 Å². The molecule has 1 aromatic rings. The number of aliphatic hydroxyl groups excluding tert-OH is 1. The van der Waals surface area contributed by atoms with Crippen LogP contribution in [0.15, 0.2) is 18.2 Å². The molecule has 1 aromatic carbocycles. The van der Waals surface area contributed by atoms with Gasteiger partial charge in [-0.05, 0) is 31.0 Å². The maximum atomic E-state index is 9.84. The average molecular weight is 291 g/mol. The van der Waals surface area contributed by atoms with E-state index < -0.39 is 0 Å². The molecular formula is C17H25NO3. The minimum atomic E-state index is -0.203. The van der Waals surface area contributed by atoms with Crippen LogP contribution in [0.4, 0.5) is 0 Å². The summed E-state index contributed by atoms with van der Waals surface area (Å²) in [5, 5.41) is 13.5. The van der Waals surface area contributed by atoms with E-state index in [1.165, 1.54) is 5.56 Å². The van der Waals surface area contributed by atoms with Gasteiger partial charge in [0.1, 0.15) is 0 Å². The summed E-state index contributed by atoms with van der Waals surface area (Å²) < 4.78 is 11.4. The van der Waals surface area contributed by atoms with Crippen LogP contribution in [0.1, 0.15) is 45.2 Å². The first kappa shape index (κ1) is 14.7. The van der Waals surface area contributed by atoms with Gasteiger partial charge in [0.05, 0.1) is 19.3 Å². The molecule has 4 heteroatoms. The molecule has 3 unspecified atom stereocenters. The van der Waals surface area contributed by atoms with Gasteiger partial charge in [0, 0.05) is 23.9 Å². The van der Waals surface area contributed by atoms with E-state index in [9.17, 15) is 5.11 Å². The van der Waals surface area contributed by atoms with Crippen LogP contribution in [0.25, 0.3) is 0 Å². The van der Waals surface area contributed by atoms with Crippen LogP contribution in [-0.2, 0) is 0 Å². The van der Waals surface area contributed by atoms with Crippen molar-refractivity contribution in [2.75, 3.05) is 13.2 Å². The highest BCUT2D eigenvalue weighted by atomic mass is 16.5. The lowest BCUT2D eigenvalue weighted by molar-refractivity contribution is -0.0754. The fourth-order valence-corrected chi connectivity index (χ4v) is 3.03. The maximum absolute atomic E-state index is 9.84. The molecule has 2 aliphatic rings. The molecule has 116 valence electrons. The van der Waals surface area contributed by atoms with Crippen molar-refractivity contribution in [3.63, 3.8) is 0 Å². The molecule has 2 N–H and O–H groups in total. The number of hydrogen-bond acceptors (Lipinski definition) is 4. The smallest absolute Gasteiger partial charge is 0.161 e. The van der Waals surface area contributed by atoms with Gasteiger partial charge >= 0.3 is 0 Å². The molecule has 21 heavy (non-hydrogen) atoms. The molecule has 0 saturated heterocycles. The van der Waals surface area contributed by atoms with E-state index in [1.807, 2.05) is 6.07 Å². The Labute approximate surface area is 126 Å². The SMILES string of the molecule is CC(NC1CC(O)C1(C)C)c1ccc2c(c1)OCCCO2. The monoisotopic (exact) mass is 291 g/mol. The van der Waals surface area contributed by atoms with Crippen LogP contribution in [-0.4, -0.2) is 30.5 Å². The Balaban J connectivity index is 1.70. The molecule has 1 heterocycles. The molecule has 1 aliphatic carbocycles. The molecular weight excluding hydrogens is 266 g/mol. The molecule has 0 aromatic heterocycles. The molecule has 0 radical (unpaired) electrons. The van der Waals surface area contributed by atoms with Gasteiger partial charge in [0.2, 0.25) is 0 Å². The number of rotatable bonds is 3. The largest absolute Gasteiger partial charge is 0.490 e. The van der Waals surface area contributed by atoms with Crippen molar-refractivity contribution in [1.29, 1.82) is 0 Å². The summed E-state index contributed by atoms with van der Waals surface area (Å²) in [5.41, 5.74) is 1.14. The Hall–Kier alpha value is -1.26. The van der Waals surface area contributed by atoms with Crippen molar-refractivity contribution in [2.45, 2.75) is 51.8 Å². The molecule has 0 spiro atoms. The molecule has 0 bridgehead atoms. The van der Waals surface area contributed by atoms with Crippen molar-refractivity contribution in [2.24, 2.45) is 5.41 Å². The standard InChI is InChI=1S/C17H25NO3/c1-11(18-15-10-16(19)17(15,2)3)12-5-6-13-14(9-12)21-8-4-7-20-13/h5-6,9,11,15-16,18-19H,4,7-8,10H2,1-3H3. The second kappa shape index (κ2) is 5.50. The third-order valence-electron chi connectivity index (χ3n) is 4.94. The van der Waals surface area contributed by atoms with Gasteiger partial charge in [-0.3, -0.25) is 0 Å². The van der Waals surface area contributed by atoms with Crippen LogP contribution < -0.4 is 14.8 Å². The highest BCUT2D eigenvalue weighted by Crippen LogP contribution is 2.42. The first-order chi connectivity index (χ1) is 9.98. The predicted octanol–water partition coefficient (Wildman–Crippen LogP) is 2.66. The zero-order chi connectivity index (χ0) is 15.0. The first-order valence-electron chi connectivity index (χ1n) is 7.82. The first-order valence-corrected chi connectivity index (χ1v) is 7.82. The molecule has 3 rings (SSSR count). The summed E-state index contributed by atoms with van der Waals surface area (Å²) in [6.07, 6.45) is 1.54. The number of fused-ring (bicyclic) bond motifs is 1. The summed E-state index contributed by atoms with van der Waals surface area (Å²) in [7, 11) is 0. The lowest BCUT2D eigenvalue weighted by atomic mass is 9.64. The third-order valence-corrected chi connectivity index (χ3v) is 4.94. The topological polar surface area (TPSA) is 50.7 Å². The fraction of sp³-hybridized carbons (Fsp3) is 0.647. The highest BCUT2D eigenvalue weighted by Gasteiger charge is 2.47. The molecule has 0 amide bonds. The maximum Gasteiger partial charge on any atom is 0.161 e. The van der Waals surface area contributed by atoms with Crippen LogP contribution in [0.3, 0.4) is 0 Å². The Kier molecular flexibility index (Phi) is 3.84. The van der Waals surface area contributed by atoms with Gasteiger partial charge in [0.25, 0.3) is 0 Å². The van der Waals surface area contributed by atoms with Crippen LogP contribution in [0.5, 0.6) is 11.5 Å². The summed E-state index contributed by atoms with van der Waals surface area (Å²) in [5.74, 6) is 1.68. The third kappa shape index (κ3) is 2.74. The summed E-state index contributed by atoms with van der Waals surface area (Å²) in [4.78, 5) is 0. The van der Waals surface area contributed by atoms with Crippen molar-refractivity contribution in [3.8, 4) is 11.5 Å². The van der Waals surface area contributed by atoms with Crippen molar-refractivity contribution < 1.29 is 14.6 Å². The molecule has 1 saturated carbocycles.